The van der Waals surface area contributed by atoms with Gasteiger partial charge in [0, 0.05) is 69.9 Å². The molecule has 0 saturated heterocycles. The highest BCUT2D eigenvalue weighted by Gasteiger charge is 2.19. The number of furan rings is 2. The predicted molar refractivity (Wildman–Crippen MR) is 245 cm³/mol. The molecule has 0 aliphatic carbocycles. The molecule has 0 saturated carbocycles. The highest BCUT2D eigenvalue weighted by molar-refractivity contribution is 7.26. The standard InChI is InChI=1S/C54H33NO2S/c1-4-25-49-43(16-1)46-22-9-19-40(52(46)56-49)34-28-30-37(31-29-34)55(38-14-7-12-35(32-38)41-20-10-23-47-44-17-2-5-26-50(44)57-53(41)47)39-15-8-13-36(33-39)42-21-11-24-48-45-18-3-6-27-51(45)58-54(42)48/h1-33H. The van der Waals surface area contributed by atoms with Crippen LogP contribution in [0.3, 0.4) is 0 Å². The number of nitrogens with zero attached hydrogens (tertiary/aromatic N) is 1. The summed E-state index contributed by atoms with van der Waals surface area (Å²) >= 11 is 1.86. The Bertz CT molecular complexity index is 3380. The summed E-state index contributed by atoms with van der Waals surface area (Å²) in [5.74, 6) is 0. The van der Waals surface area contributed by atoms with Crippen molar-refractivity contribution in [3.8, 4) is 33.4 Å². The lowest BCUT2D eigenvalue weighted by Crippen LogP contribution is -2.10. The lowest BCUT2D eigenvalue weighted by atomic mass is 9.99. The number of rotatable bonds is 6. The van der Waals surface area contributed by atoms with Gasteiger partial charge in [-0.15, -0.1) is 11.3 Å². The summed E-state index contributed by atoms with van der Waals surface area (Å²) in [6.07, 6.45) is 0. The van der Waals surface area contributed by atoms with E-state index in [1.54, 1.807) is 0 Å². The van der Waals surface area contributed by atoms with E-state index in [-0.39, 0.29) is 0 Å². The molecule has 0 unspecified atom stereocenters. The van der Waals surface area contributed by atoms with Crippen LogP contribution in [0.15, 0.2) is 209 Å². The van der Waals surface area contributed by atoms with Gasteiger partial charge in [-0.3, -0.25) is 0 Å². The third-order valence-corrected chi connectivity index (χ3v) is 12.7. The predicted octanol–water partition coefficient (Wildman–Crippen LogP) is 16.3. The quantitative estimate of drug-likeness (QED) is 0.169. The zero-order valence-electron chi connectivity index (χ0n) is 31.2. The van der Waals surface area contributed by atoms with E-state index in [9.17, 15) is 0 Å². The fourth-order valence-electron chi connectivity index (χ4n) is 8.79. The van der Waals surface area contributed by atoms with Crippen molar-refractivity contribution in [1.82, 2.24) is 0 Å². The SMILES string of the molecule is c1cc(-c2cccc3c2oc2ccccc23)cc(N(c2ccc(-c3cccc4c3oc3ccccc34)cc2)c2cccc(-c3cccc4c3sc3ccccc34)c2)c1. The molecule has 0 bridgehead atoms. The molecule has 0 aliphatic rings. The van der Waals surface area contributed by atoms with Gasteiger partial charge in [0.1, 0.15) is 22.3 Å². The van der Waals surface area contributed by atoms with E-state index in [0.29, 0.717) is 0 Å². The van der Waals surface area contributed by atoms with Gasteiger partial charge in [-0.05, 0) is 76.9 Å². The Balaban J connectivity index is 1.02. The van der Waals surface area contributed by atoms with Crippen molar-refractivity contribution in [2.45, 2.75) is 0 Å². The molecule has 12 rings (SSSR count). The van der Waals surface area contributed by atoms with Crippen LogP contribution in [0.4, 0.5) is 17.1 Å². The molecule has 272 valence electrons. The Labute approximate surface area is 338 Å². The maximum absolute atomic E-state index is 6.51. The van der Waals surface area contributed by atoms with Gasteiger partial charge in [-0.2, -0.15) is 0 Å². The Hall–Kier alpha value is -7.40. The zero-order valence-corrected chi connectivity index (χ0v) is 32.0. The Morgan fingerprint density at radius 1 is 0.328 bits per heavy atom. The van der Waals surface area contributed by atoms with Crippen LogP contribution in [-0.4, -0.2) is 0 Å². The number of para-hydroxylation sites is 4. The first-order valence-electron chi connectivity index (χ1n) is 19.6. The van der Waals surface area contributed by atoms with E-state index < -0.39 is 0 Å². The van der Waals surface area contributed by atoms with E-state index in [0.717, 1.165) is 83.2 Å². The molecule has 0 amide bonds. The van der Waals surface area contributed by atoms with E-state index in [2.05, 4.69) is 181 Å². The monoisotopic (exact) mass is 759 g/mol. The molecule has 0 N–H and O–H groups in total. The van der Waals surface area contributed by atoms with Crippen molar-refractivity contribution in [3.05, 3.63) is 200 Å². The third kappa shape index (κ3) is 5.19. The summed E-state index contributed by atoms with van der Waals surface area (Å²) in [7, 11) is 0. The number of hydrogen-bond acceptors (Lipinski definition) is 4. The van der Waals surface area contributed by atoms with Crippen molar-refractivity contribution in [3.63, 3.8) is 0 Å². The number of thiophene rings is 1. The normalized spacial score (nSPS) is 11.8. The van der Waals surface area contributed by atoms with Gasteiger partial charge in [-0.25, -0.2) is 0 Å². The van der Waals surface area contributed by atoms with Crippen LogP contribution in [-0.2, 0) is 0 Å². The van der Waals surface area contributed by atoms with Gasteiger partial charge in [-0.1, -0.05) is 146 Å². The van der Waals surface area contributed by atoms with E-state index in [1.807, 2.05) is 35.6 Å². The molecule has 9 aromatic carbocycles. The molecule has 0 atom stereocenters. The zero-order chi connectivity index (χ0) is 38.2. The van der Waals surface area contributed by atoms with Gasteiger partial charge in [0.15, 0.2) is 0 Å². The lowest BCUT2D eigenvalue weighted by molar-refractivity contribution is 0.669. The van der Waals surface area contributed by atoms with Crippen LogP contribution in [0.1, 0.15) is 0 Å². The minimum atomic E-state index is 0.895. The summed E-state index contributed by atoms with van der Waals surface area (Å²) in [5, 5.41) is 7.10. The third-order valence-electron chi connectivity index (χ3n) is 11.5. The highest BCUT2D eigenvalue weighted by atomic mass is 32.1. The van der Waals surface area contributed by atoms with E-state index in [4.69, 9.17) is 8.83 Å². The highest BCUT2D eigenvalue weighted by Crippen LogP contribution is 2.44. The Morgan fingerprint density at radius 2 is 0.810 bits per heavy atom. The molecule has 3 heterocycles. The van der Waals surface area contributed by atoms with Gasteiger partial charge in [0.2, 0.25) is 0 Å². The first-order valence-corrected chi connectivity index (χ1v) is 20.4. The van der Waals surface area contributed by atoms with Crippen LogP contribution in [0.2, 0.25) is 0 Å². The van der Waals surface area contributed by atoms with Gasteiger partial charge in [0.05, 0.1) is 0 Å². The molecule has 3 nitrogen and oxygen atoms in total. The molecule has 0 fully saturated rings. The van der Waals surface area contributed by atoms with Crippen LogP contribution < -0.4 is 4.90 Å². The second-order valence-corrected chi connectivity index (χ2v) is 15.9. The van der Waals surface area contributed by atoms with Crippen molar-refractivity contribution in [2.75, 3.05) is 4.90 Å². The van der Waals surface area contributed by atoms with Crippen LogP contribution in [0.25, 0.3) is 97.4 Å². The maximum atomic E-state index is 6.51. The summed E-state index contributed by atoms with van der Waals surface area (Å²) in [5.41, 5.74) is 13.5. The Morgan fingerprint density at radius 3 is 1.45 bits per heavy atom. The van der Waals surface area contributed by atoms with Crippen LogP contribution in [0, 0.1) is 0 Å². The first-order chi connectivity index (χ1) is 28.7. The summed E-state index contributed by atoms with van der Waals surface area (Å²) < 4.78 is 15.6. The van der Waals surface area contributed by atoms with Crippen molar-refractivity contribution >= 4 is 92.4 Å². The average molecular weight is 760 g/mol. The molecule has 4 heteroatoms. The number of anilines is 3. The summed E-state index contributed by atoms with van der Waals surface area (Å²) in [4.78, 5) is 2.36. The van der Waals surface area contributed by atoms with Crippen LogP contribution >= 0.6 is 11.3 Å². The average Bonchev–Trinajstić information content (AvgIpc) is 3.99. The van der Waals surface area contributed by atoms with Gasteiger partial charge in [0.25, 0.3) is 0 Å². The summed E-state index contributed by atoms with van der Waals surface area (Å²) in [6.45, 7) is 0. The van der Waals surface area contributed by atoms with Crippen molar-refractivity contribution in [2.24, 2.45) is 0 Å². The molecule has 0 spiro atoms. The molecule has 58 heavy (non-hydrogen) atoms. The second-order valence-electron chi connectivity index (χ2n) is 14.8. The van der Waals surface area contributed by atoms with Crippen molar-refractivity contribution in [1.29, 1.82) is 0 Å². The molecule has 0 aliphatic heterocycles. The maximum Gasteiger partial charge on any atom is 0.143 e. The molecule has 0 radical (unpaired) electrons. The Kier molecular flexibility index (Phi) is 7.40. The first kappa shape index (κ1) is 32.8. The van der Waals surface area contributed by atoms with E-state index >= 15 is 0 Å². The lowest BCUT2D eigenvalue weighted by Gasteiger charge is -2.27. The topological polar surface area (TPSA) is 29.5 Å². The molecule has 3 aromatic heterocycles. The number of hydrogen-bond donors (Lipinski definition) is 0. The fraction of sp³-hybridized carbons (Fsp3) is 0. The number of benzene rings is 9. The molecular weight excluding hydrogens is 727 g/mol. The molecular formula is C54H33NO2S. The van der Waals surface area contributed by atoms with Gasteiger partial charge >= 0.3 is 0 Å². The number of fused-ring (bicyclic) bond motifs is 9. The smallest absolute Gasteiger partial charge is 0.143 e. The summed E-state index contributed by atoms with van der Waals surface area (Å²) in [6, 6.07) is 71.4. The minimum Gasteiger partial charge on any atom is -0.455 e. The fourth-order valence-corrected chi connectivity index (χ4v) is 10.0. The van der Waals surface area contributed by atoms with Crippen LogP contribution in [0.5, 0.6) is 0 Å². The van der Waals surface area contributed by atoms with Crippen molar-refractivity contribution < 1.29 is 8.83 Å². The second kappa shape index (κ2) is 13.1. The minimum absolute atomic E-state index is 0.895. The largest absolute Gasteiger partial charge is 0.455 e. The van der Waals surface area contributed by atoms with E-state index in [1.165, 1.54) is 31.3 Å². The van der Waals surface area contributed by atoms with Gasteiger partial charge < -0.3 is 13.7 Å². The molecule has 12 aromatic rings.